The quantitative estimate of drug-likeness (QED) is 0.671. The number of nitro benzene ring substituents is 1. The van der Waals surface area contributed by atoms with Crippen LogP contribution in [-0.4, -0.2) is 12.0 Å². The normalized spacial score (nSPS) is 10.1. The maximum absolute atomic E-state index is 12.8. The molecule has 0 aliphatic rings. The molecule has 2 rings (SSSR count). The van der Waals surface area contributed by atoms with E-state index in [0.29, 0.717) is 18.0 Å². The van der Waals surface area contributed by atoms with Crippen LogP contribution in [0.3, 0.4) is 0 Å². The van der Waals surface area contributed by atoms with Crippen LogP contribution in [-0.2, 0) is 6.54 Å². The average molecular weight is 276 g/mol. The van der Waals surface area contributed by atoms with Crippen LogP contribution in [0.4, 0.5) is 15.8 Å². The van der Waals surface area contributed by atoms with Gasteiger partial charge in [-0.3, -0.25) is 10.1 Å². The fraction of sp³-hybridized carbons (Fsp3) is 0.143. The Bertz CT molecular complexity index is 614. The molecular formula is C14H13FN2O3. The molecule has 0 bridgehead atoms. The second kappa shape index (κ2) is 6.01. The van der Waals surface area contributed by atoms with Gasteiger partial charge >= 0.3 is 0 Å². The lowest BCUT2D eigenvalue weighted by atomic mass is 10.2. The molecule has 0 amide bonds. The topological polar surface area (TPSA) is 64.4 Å². The fourth-order valence-electron chi connectivity index (χ4n) is 1.75. The molecule has 104 valence electrons. The molecular weight excluding hydrogens is 263 g/mol. The van der Waals surface area contributed by atoms with Crippen molar-refractivity contribution in [2.45, 2.75) is 6.54 Å². The van der Waals surface area contributed by atoms with Gasteiger partial charge in [-0.25, -0.2) is 4.39 Å². The van der Waals surface area contributed by atoms with Gasteiger partial charge in [-0.15, -0.1) is 0 Å². The third-order valence-electron chi connectivity index (χ3n) is 2.79. The molecule has 0 spiro atoms. The first-order valence-electron chi connectivity index (χ1n) is 5.91. The third kappa shape index (κ3) is 3.23. The van der Waals surface area contributed by atoms with Crippen LogP contribution in [0.1, 0.15) is 5.56 Å². The lowest BCUT2D eigenvalue weighted by Crippen LogP contribution is -2.02. The number of benzene rings is 2. The number of hydrogen-bond donors (Lipinski definition) is 1. The summed E-state index contributed by atoms with van der Waals surface area (Å²) in [5, 5.41) is 13.8. The van der Waals surface area contributed by atoms with Crippen LogP contribution in [0, 0.1) is 15.9 Å². The smallest absolute Gasteiger partial charge is 0.271 e. The van der Waals surface area contributed by atoms with Crippen LogP contribution in [0.2, 0.25) is 0 Å². The summed E-state index contributed by atoms with van der Waals surface area (Å²) in [4.78, 5) is 10.3. The van der Waals surface area contributed by atoms with Gasteiger partial charge in [-0.2, -0.15) is 0 Å². The van der Waals surface area contributed by atoms with Crippen molar-refractivity contribution in [3.05, 3.63) is 64.0 Å². The predicted octanol–water partition coefficient (Wildman–Crippen LogP) is 3.35. The first-order chi connectivity index (χ1) is 9.60. The van der Waals surface area contributed by atoms with Crippen LogP contribution >= 0.6 is 0 Å². The van der Waals surface area contributed by atoms with Gasteiger partial charge in [0.1, 0.15) is 11.6 Å². The maximum atomic E-state index is 12.8. The zero-order chi connectivity index (χ0) is 14.5. The Labute approximate surface area is 115 Å². The van der Waals surface area contributed by atoms with E-state index < -0.39 is 4.92 Å². The summed E-state index contributed by atoms with van der Waals surface area (Å²) in [6.45, 7) is 0.414. The number of halogens is 1. The molecule has 0 fully saturated rings. The minimum absolute atomic E-state index is 0.0209. The standard InChI is InChI=1S/C14H13FN2O3/c1-20-14-7-6-12(17(18)19)8-13(14)16-9-10-2-4-11(15)5-3-10/h2-8,16H,9H2,1H3. The summed E-state index contributed by atoms with van der Waals surface area (Å²) < 4.78 is 17.9. The Morgan fingerprint density at radius 1 is 1.25 bits per heavy atom. The van der Waals surface area contributed by atoms with E-state index in [1.165, 1.54) is 37.4 Å². The molecule has 1 N–H and O–H groups in total. The summed E-state index contributed by atoms with van der Waals surface area (Å²) in [5.74, 6) is 0.208. The molecule has 0 radical (unpaired) electrons. The summed E-state index contributed by atoms with van der Waals surface area (Å²) in [6.07, 6.45) is 0. The van der Waals surface area contributed by atoms with Crippen molar-refractivity contribution in [2.24, 2.45) is 0 Å². The minimum atomic E-state index is -0.470. The molecule has 0 aliphatic carbocycles. The Morgan fingerprint density at radius 3 is 2.55 bits per heavy atom. The summed E-state index contributed by atoms with van der Waals surface area (Å²) in [5.41, 5.74) is 1.36. The molecule has 0 saturated heterocycles. The van der Waals surface area contributed by atoms with E-state index in [0.717, 1.165) is 5.56 Å². The first-order valence-corrected chi connectivity index (χ1v) is 5.91. The molecule has 5 nitrogen and oxygen atoms in total. The van der Waals surface area contributed by atoms with E-state index in [9.17, 15) is 14.5 Å². The Kier molecular flexibility index (Phi) is 4.14. The highest BCUT2D eigenvalue weighted by Gasteiger charge is 2.11. The van der Waals surface area contributed by atoms with Gasteiger partial charge in [0.15, 0.2) is 0 Å². The summed E-state index contributed by atoms with van der Waals surface area (Å²) in [6, 6.07) is 10.3. The minimum Gasteiger partial charge on any atom is -0.495 e. The van der Waals surface area contributed by atoms with E-state index in [2.05, 4.69) is 5.32 Å². The average Bonchev–Trinajstić information content (AvgIpc) is 2.46. The zero-order valence-electron chi connectivity index (χ0n) is 10.8. The van der Waals surface area contributed by atoms with Crippen LogP contribution in [0.5, 0.6) is 5.75 Å². The molecule has 0 heterocycles. The van der Waals surface area contributed by atoms with Gasteiger partial charge in [0.2, 0.25) is 0 Å². The maximum Gasteiger partial charge on any atom is 0.271 e. The fourth-order valence-corrected chi connectivity index (χ4v) is 1.75. The zero-order valence-corrected chi connectivity index (χ0v) is 10.8. The van der Waals surface area contributed by atoms with E-state index in [-0.39, 0.29) is 11.5 Å². The Hall–Kier alpha value is -2.63. The van der Waals surface area contributed by atoms with Crippen molar-refractivity contribution in [1.82, 2.24) is 0 Å². The number of rotatable bonds is 5. The number of anilines is 1. The first kappa shape index (κ1) is 13.8. The van der Waals surface area contributed by atoms with Crippen molar-refractivity contribution in [3.8, 4) is 5.75 Å². The second-order valence-electron chi connectivity index (χ2n) is 4.12. The summed E-state index contributed by atoms with van der Waals surface area (Å²) in [7, 11) is 1.49. The van der Waals surface area contributed by atoms with E-state index in [1.807, 2.05) is 0 Å². The molecule has 0 saturated carbocycles. The van der Waals surface area contributed by atoms with Gasteiger partial charge in [-0.1, -0.05) is 12.1 Å². The molecule has 2 aromatic rings. The molecule has 6 heteroatoms. The number of nitrogens with one attached hydrogen (secondary N) is 1. The van der Waals surface area contributed by atoms with Crippen LogP contribution in [0.15, 0.2) is 42.5 Å². The lowest BCUT2D eigenvalue weighted by Gasteiger charge is -2.11. The van der Waals surface area contributed by atoms with E-state index >= 15 is 0 Å². The van der Waals surface area contributed by atoms with Gasteiger partial charge in [-0.05, 0) is 23.8 Å². The number of nitrogens with zero attached hydrogens (tertiary/aromatic N) is 1. The molecule has 0 atom stereocenters. The Morgan fingerprint density at radius 2 is 1.95 bits per heavy atom. The molecule has 0 unspecified atom stereocenters. The monoisotopic (exact) mass is 276 g/mol. The highest BCUT2D eigenvalue weighted by Crippen LogP contribution is 2.29. The highest BCUT2D eigenvalue weighted by molar-refractivity contribution is 5.61. The van der Waals surface area contributed by atoms with Crippen molar-refractivity contribution in [2.75, 3.05) is 12.4 Å². The summed E-state index contributed by atoms with van der Waals surface area (Å²) >= 11 is 0. The highest BCUT2D eigenvalue weighted by atomic mass is 19.1. The SMILES string of the molecule is COc1ccc([N+](=O)[O-])cc1NCc1ccc(F)cc1. The number of non-ortho nitro benzene ring substituents is 1. The van der Waals surface area contributed by atoms with Crippen molar-refractivity contribution in [3.63, 3.8) is 0 Å². The van der Waals surface area contributed by atoms with Gasteiger partial charge in [0.05, 0.1) is 17.7 Å². The van der Waals surface area contributed by atoms with Gasteiger partial charge in [0, 0.05) is 18.7 Å². The number of hydrogen-bond acceptors (Lipinski definition) is 4. The number of ether oxygens (including phenoxy) is 1. The lowest BCUT2D eigenvalue weighted by molar-refractivity contribution is -0.384. The third-order valence-corrected chi connectivity index (χ3v) is 2.79. The second-order valence-corrected chi connectivity index (χ2v) is 4.12. The number of nitro groups is 1. The molecule has 0 aromatic heterocycles. The van der Waals surface area contributed by atoms with Crippen molar-refractivity contribution in [1.29, 1.82) is 0 Å². The van der Waals surface area contributed by atoms with Crippen molar-refractivity contribution >= 4 is 11.4 Å². The van der Waals surface area contributed by atoms with Gasteiger partial charge in [0.25, 0.3) is 5.69 Å². The van der Waals surface area contributed by atoms with Crippen LogP contribution < -0.4 is 10.1 Å². The van der Waals surface area contributed by atoms with Crippen molar-refractivity contribution < 1.29 is 14.1 Å². The molecule has 2 aromatic carbocycles. The van der Waals surface area contributed by atoms with Crippen LogP contribution in [0.25, 0.3) is 0 Å². The van der Waals surface area contributed by atoms with E-state index in [4.69, 9.17) is 4.74 Å². The predicted molar refractivity (Wildman–Crippen MR) is 73.4 cm³/mol. The molecule has 20 heavy (non-hydrogen) atoms. The largest absolute Gasteiger partial charge is 0.495 e. The van der Waals surface area contributed by atoms with Gasteiger partial charge < -0.3 is 10.1 Å². The van der Waals surface area contributed by atoms with E-state index in [1.54, 1.807) is 12.1 Å². The molecule has 0 aliphatic heterocycles. The Balaban J connectivity index is 2.16. The number of methoxy groups -OCH3 is 1.